The van der Waals surface area contributed by atoms with Gasteiger partial charge in [0.15, 0.2) is 0 Å². The lowest BCUT2D eigenvalue weighted by Gasteiger charge is -1.97. The third-order valence-corrected chi connectivity index (χ3v) is 3.32. The molecule has 0 bridgehead atoms. The summed E-state index contributed by atoms with van der Waals surface area (Å²) in [6, 6.07) is 5.10. The number of nitrogens with zero attached hydrogens (tertiary/aromatic N) is 1. The molecule has 0 saturated carbocycles. The van der Waals surface area contributed by atoms with Gasteiger partial charge in [-0.1, -0.05) is 13.8 Å². The molecule has 0 radical (unpaired) electrons. The lowest BCUT2D eigenvalue weighted by Crippen LogP contribution is -1.95. The maximum atomic E-state index is 10.8. The molecular formula is C12H13NO2S. The lowest BCUT2D eigenvalue weighted by atomic mass is 10.1. The molecule has 0 fully saturated rings. The van der Waals surface area contributed by atoms with E-state index < -0.39 is 5.97 Å². The molecule has 4 heteroatoms. The van der Waals surface area contributed by atoms with Crippen molar-refractivity contribution in [3.8, 4) is 0 Å². The van der Waals surface area contributed by atoms with Crippen LogP contribution in [0.5, 0.6) is 0 Å². The Bertz CT molecular complexity index is 531. The van der Waals surface area contributed by atoms with Gasteiger partial charge in [0.1, 0.15) is 0 Å². The Kier molecular flexibility index (Phi) is 2.92. The van der Waals surface area contributed by atoms with Crippen LogP contribution in [0.25, 0.3) is 10.2 Å². The van der Waals surface area contributed by atoms with Crippen LogP contribution in [-0.2, 0) is 6.42 Å². The van der Waals surface area contributed by atoms with Crippen molar-refractivity contribution in [3.63, 3.8) is 0 Å². The van der Waals surface area contributed by atoms with E-state index in [1.807, 2.05) is 6.07 Å². The maximum Gasteiger partial charge on any atom is 0.335 e. The summed E-state index contributed by atoms with van der Waals surface area (Å²) >= 11 is 1.64. The third kappa shape index (κ3) is 2.22. The average Bonchev–Trinajstić information content (AvgIpc) is 2.56. The van der Waals surface area contributed by atoms with E-state index in [2.05, 4.69) is 18.8 Å². The van der Waals surface area contributed by atoms with Crippen LogP contribution in [0.2, 0.25) is 0 Å². The number of carboxylic acids is 1. The number of aromatic nitrogens is 1. The van der Waals surface area contributed by atoms with Crippen molar-refractivity contribution in [1.29, 1.82) is 0 Å². The zero-order valence-electron chi connectivity index (χ0n) is 9.23. The van der Waals surface area contributed by atoms with Crippen LogP contribution in [0, 0.1) is 5.92 Å². The van der Waals surface area contributed by atoms with E-state index in [0.717, 1.165) is 21.6 Å². The van der Waals surface area contributed by atoms with Crippen molar-refractivity contribution < 1.29 is 9.90 Å². The molecule has 84 valence electrons. The average molecular weight is 235 g/mol. The Hall–Kier alpha value is -1.42. The van der Waals surface area contributed by atoms with Crippen LogP contribution in [0.15, 0.2) is 18.2 Å². The number of fused-ring (bicyclic) bond motifs is 1. The summed E-state index contributed by atoms with van der Waals surface area (Å²) in [5, 5.41) is 9.95. The van der Waals surface area contributed by atoms with E-state index in [9.17, 15) is 4.79 Å². The zero-order chi connectivity index (χ0) is 11.7. The highest BCUT2D eigenvalue weighted by Crippen LogP contribution is 2.24. The monoisotopic (exact) mass is 235 g/mol. The van der Waals surface area contributed by atoms with E-state index >= 15 is 0 Å². The molecule has 0 aliphatic carbocycles. The fraction of sp³-hybridized carbons (Fsp3) is 0.333. The van der Waals surface area contributed by atoms with Gasteiger partial charge in [-0.3, -0.25) is 0 Å². The van der Waals surface area contributed by atoms with Crippen LogP contribution < -0.4 is 0 Å². The standard InChI is InChI=1S/C12H13NO2S/c1-7(2)5-11-13-9-6-8(12(14)15)3-4-10(9)16-11/h3-4,6-7H,5H2,1-2H3,(H,14,15). The predicted octanol–water partition coefficient (Wildman–Crippen LogP) is 3.19. The molecule has 16 heavy (non-hydrogen) atoms. The molecule has 0 spiro atoms. The van der Waals surface area contributed by atoms with Crippen molar-refractivity contribution in [3.05, 3.63) is 28.8 Å². The first-order valence-corrected chi connectivity index (χ1v) is 6.00. The van der Waals surface area contributed by atoms with E-state index in [1.165, 1.54) is 0 Å². The third-order valence-electron chi connectivity index (χ3n) is 2.26. The van der Waals surface area contributed by atoms with Crippen LogP contribution in [0.4, 0.5) is 0 Å². The highest BCUT2D eigenvalue weighted by atomic mass is 32.1. The zero-order valence-corrected chi connectivity index (χ0v) is 10.0. The van der Waals surface area contributed by atoms with Crippen LogP contribution in [0.1, 0.15) is 29.2 Å². The second-order valence-corrected chi connectivity index (χ2v) is 5.31. The van der Waals surface area contributed by atoms with Gasteiger partial charge in [0.25, 0.3) is 0 Å². The Labute approximate surface area is 97.8 Å². The molecule has 0 atom stereocenters. The van der Waals surface area contributed by atoms with Crippen molar-refractivity contribution >= 4 is 27.5 Å². The minimum Gasteiger partial charge on any atom is -0.478 e. The molecule has 1 aromatic carbocycles. The summed E-state index contributed by atoms with van der Waals surface area (Å²) in [6.45, 7) is 4.30. The van der Waals surface area contributed by atoms with Crippen LogP contribution >= 0.6 is 11.3 Å². The van der Waals surface area contributed by atoms with Gasteiger partial charge in [0.05, 0.1) is 20.8 Å². The Morgan fingerprint density at radius 2 is 2.25 bits per heavy atom. The van der Waals surface area contributed by atoms with Gasteiger partial charge in [0.2, 0.25) is 0 Å². The number of rotatable bonds is 3. The number of hydrogen-bond acceptors (Lipinski definition) is 3. The minimum atomic E-state index is -0.902. The largest absolute Gasteiger partial charge is 0.478 e. The summed E-state index contributed by atoms with van der Waals surface area (Å²) < 4.78 is 1.06. The van der Waals surface area contributed by atoms with Gasteiger partial charge >= 0.3 is 5.97 Å². The van der Waals surface area contributed by atoms with Gasteiger partial charge in [-0.2, -0.15) is 0 Å². The molecule has 3 nitrogen and oxygen atoms in total. The van der Waals surface area contributed by atoms with Crippen molar-refractivity contribution in [1.82, 2.24) is 4.98 Å². The first-order valence-electron chi connectivity index (χ1n) is 5.19. The van der Waals surface area contributed by atoms with Gasteiger partial charge in [0, 0.05) is 6.42 Å². The van der Waals surface area contributed by atoms with E-state index in [-0.39, 0.29) is 0 Å². The van der Waals surface area contributed by atoms with E-state index in [0.29, 0.717) is 11.5 Å². The Morgan fingerprint density at radius 3 is 2.88 bits per heavy atom. The lowest BCUT2D eigenvalue weighted by molar-refractivity contribution is 0.0697. The topological polar surface area (TPSA) is 50.2 Å². The van der Waals surface area contributed by atoms with Crippen molar-refractivity contribution in [2.24, 2.45) is 5.92 Å². The summed E-state index contributed by atoms with van der Waals surface area (Å²) in [4.78, 5) is 15.3. The highest BCUT2D eigenvalue weighted by Gasteiger charge is 2.09. The molecule has 2 aromatic rings. The van der Waals surface area contributed by atoms with Crippen molar-refractivity contribution in [2.45, 2.75) is 20.3 Å². The number of thiazole rings is 1. The molecule has 1 N–H and O–H groups in total. The van der Waals surface area contributed by atoms with Gasteiger partial charge in [-0.25, -0.2) is 9.78 Å². The molecule has 2 rings (SSSR count). The molecular weight excluding hydrogens is 222 g/mol. The molecule has 1 aromatic heterocycles. The summed E-state index contributed by atoms with van der Waals surface area (Å²) in [7, 11) is 0. The second-order valence-electron chi connectivity index (χ2n) is 4.19. The quantitative estimate of drug-likeness (QED) is 0.888. The highest BCUT2D eigenvalue weighted by molar-refractivity contribution is 7.18. The number of carboxylic acid groups (broad SMARTS) is 1. The first kappa shape index (κ1) is 11.1. The number of aromatic carboxylic acids is 1. The SMILES string of the molecule is CC(C)Cc1nc2cc(C(=O)O)ccc2s1. The Balaban J connectivity index is 2.42. The second kappa shape index (κ2) is 4.22. The predicted molar refractivity (Wildman–Crippen MR) is 65.1 cm³/mol. The summed E-state index contributed by atoms with van der Waals surface area (Å²) in [5.74, 6) is -0.334. The van der Waals surface area contributed by atoms with Gasteiger partial charge in [-0.15, -0.1) is 11.3 Å². The number of carbonyl (C=O) groups is 1. The van der Waals surface area contributed by atoms with Crippen molar-refractivity contribution in [2.75, 3.05) is 0 Å². The maximum absolute atomic E-state index is 10.8. The fourth-order valence-electron chi connectivity index (χ4n) is 1.54. The van der Waals surface area contributed by atoms with Gasteiger partial charge in [-0.05, 0) is 24.1 Å². The number of benzene rings is 1. The van der Waals surface area contributed by atoms with E-state index in [1.54, 1.807) is 23.5 Å². The Morgan fingerprint density at radius 1 is 1.50 bits per heavy atom. The number of hydrogen-bond donors (Lipinski definition) is 1. The summed E-state index contributed by atoms with van der Waals surface area (Å²) in [5.41, 5.74) is 1.09. The molecule has 0 aliphatic rings. The minimum absolute atomic E-state index is 0.300. The normalized spacial score (nSPS) is 11.2. The first-order chi connectivity index (χ1) is 7.56. The molecule has 0 saturated heterocycles. The van der Waals surface area contributed by atoms with Crippen LogP contribution in [-0.4, -0.2) is 16.1 Å². The smallest absolute Gasteiger partial charge is 0.335 e. The van der Waals surface area contributed by atoms with Gasteiger partial charge < -0.3 is 5.11 Å². The molecule has 0 unspecified atom stereocenters. The molecule has 0 amide bonds. The van der Waals surface area contributed by atoms with Crippen LogP contribution in [0.3, 0.4) is 0 Å². The summed E-state index contributed by atoms with van der Waals surface area (Å²) in [6.07, 6.45) is 0.946. The van der Waals surface area contributed by atoms with E-state index in [4.69, 9.17) is 5.11 Å². The molecule has 0 aliphatic heterocycles. The fourth-order valence-corrected chi connectivity index (χ4v) is 2.70. The molecule has 1 heterocycles.